The third-order valence-corrected chi connectivity index (χ3v) is 12.9. The van der Waals surface area contributed by atoms with Crippen molar-refractivity contribution in [2.75, 3.05) is 33.4 Å². The maximum Gasteiger partial charge on any atom is 0.338 e. The predicted molar refractivity (Wildman–Crippen MR) is 234 cm³/mol. The predicted octanol–water partition coefficient (Wildman–Crippen LogP) is 3.75. The van der Waals surface area contributed by atoms with Crippen LogP contribution in [0, 0.1) is 23.5 Å². The summed E-state index contributed by atoms with van der Waals surface area (Å²) < 4.78 is 40.0. The molecule has 3 N–H and O–H groups in total. The molecule has 0 radical (unpaired) electrons. The number of halogens is 2. The second kappa shape index (κ2) is 22.7. The Morgan fingerprint density at radius 3 is 2.31 bits per heavy atom. The zero-order valence-corrected chi connectivity index (χ0v) is 37.8. The van der Waals surface area contributed by atoms with Crippen molar-refractivity contribution in [3.05, 3.63) is 75.7 Å². The normalized spacial score (nSPS) is 24.7. The summed E-state index contributed by atoms with van der Waals surface area (Å²) in [6.45, 7) is 1.87. The van der Waals surface area contributed by atoms with Crippen molar-refractivity contribution in [1.29, 1.82) is 0 Å². The summed E-state index contributed by atoms with van der Waals surface area (Å²) in [5, 5.41) is 11.3. The molecule has 0 bridgehead atoms. The fourth-order valence-corrected chi connectivity index (χ4v) is 9.29. The maximum absolute atomic E-state index is 14.7. The second-order valence-electron chi connectivity index (χ2n) is 17.9. The van der Waals surface area contributed by atoms with Gasteiger partial charge in [-0.15, -0.1) is 0 Å². The average Bonchev–Trinajstić information content (AvgIpc) is 3.96. The molecular weight excluding hydrogens is 877 g/mol. The first-order chi connectivity index (χ1) is 32.0. The number of carbonyl (C=O) groups is 8. The highest BCUT2D eigenvalue weighted by Crippen LogP contribution is 2.28. The number of esters is 2. The van der Waals surface area contributed by atoms with Gasteiger partial charge in [-0.2, -0.15) is 0 Å². The first kappa shape index (κ1) is 49.8. The van der Waals surface area contributed by atoms with Gasteiger partial charge in [-0.1, -0.05) is 56.3 Å². The molecule has 6 rings (SSSR count). The first-order valence-electron chi connectivity index (χ1n) is 22.7. The van der Waals surface area contributed by atoms with Crippen LogP contribution < -0.4 is 16.0 Å². The summed E-state index contributed by atoms with van der Waals surface area (Å²) in [7, 11) is 1.28. The number of fused-ring (bicyclic) bond motifs is 2. The molecule has 0 unspecified atom stereocenters. The highest BCUT2D eigenvalue weighted by atomic mass is 19.1. The van der Waals surface area contributed by atoms with Gasteiger partial charge in [0.05, 0.1) is 5.56 Å². The third kappa shape index (κ3) is 12.8. The Morgan fingerprint density at radius 2 is 1.63 bits per heavy atom. The van der Waals surface area contributed by atoms with Crippen molar-refractivity contribution in [2.45, 2.75) is 121 Å². The van der Waals surface area contributed by atoms with Crippen LogP contribution in [0.4, 0.5) is 14.5 Å². The number of hydrogen-bond donors (Lipinski definition) is 3. The molecule has 19 nitrogen and oxygen atoms in total. The van der Waals surface area contributed by atoms with E-state index in [1.807, 2.05) is 6.92 Å². The molecule has 0 aromatic heterocycles. The van der Waals surface area contributed by atoms with E-state index in [9.17, 15) is 47.1 Å². The number of hydrogen-bond acceptors (Lipinski definition) is 11. The number of nitrogens with zero attached hydrogens (tertiary/aromatic N) is 6. The standard InChI is InChI=1S/C46H57F2N9O10/c1-26-18-37-46(65)66-24-35(52-40(59)34(21-29-19-31(47)22-32(48)20-29)51-39(58)16-11-28-8-5-4-6-9-28)43(62)56-17-7-10-36(56)44(63)55(3)38(41(60)50-27(2)42(61)57(37)23-26)25-67-45(64)30-12-14-33(15-13-30)53-54-49/h12-15,19-20,22,26-28,34-38H,4-11,16-18,21,23-25H2,1-3H3,(H,50,60)(H,51,58)(H,52,59)/t26-,27+,34+,35+,36+,37+,38+/m1/s1. The van der Waals surface area contributed by atoms with Crippen LogP contribution in [0.2, 0.25) is 0 Å². The minimum atomic E-state index is -1.67. The molecule has 360 valence electrons. The van der Waals surface area contributed by atoms with E-state index >= 15 is 0 Å². The molecule has 2 aromatic carbocycles. The molecule has 4 fully saturated rings. The van der Waals surface area contributed by atoms with E-state index in [-0.39, 0.29) is 61.5 Å². The van der Waals surface area contributed by atoms with Crippen LogP contribution in [0.1, 0.15) is 94.0 Å². The molecule has 7 atom stereocenters. The minimum absolute atomic E-state index is 0.00441. The van der Waals surface area contributed by atoms with Crippen molar-refractivity contribution in [3.63, 3.8) is 0 Å². The summed E-state index contributed by atoms with van der Waals surface area (Å²) >= 11 is 0. The maximum atomic E-state index is 14.7. The quantitative estimate of drug-likeness (QED) is 0.120. The highest BCUT2D eigenvalue weighted by Gasteiger charge is 2.45. The second-order valence-corrected chi connectivity index (χ2v) is 17.9. The minimum Gasteiger partial charge on any atom is -0.461 e. The molecule has 1 aliphatic carbocycles. The lowest BCUT2D eigenvalue weighted by Gasteiger charge is -2.35. The van der Waals surface area contributed by atoms with E-state index in [0.717, 1.165) is 49.1 Å². The van der Waals surface area contributed by atoms with Crippen molar-refractivity contribution in [3.8, 4) is 0 Å². The number of ether oxygens (including phenoxy) is 2. The fraction of sp³-hybridized carbons (Fsp3) is 0.565. The highest BCUT2D eigenvalue weighted by molar-refractivity contribution is 5.98. The number of azide groups is 1. The number of nitrogens with one attached hydrogen (secondary N) is 3. The number of carbonyl (C=O) groups excluding carboxylic acids is 8. The molecule has 0 spiro atoms. The summed E-state index contributed by atoms with van der Waals surface area (Å²) in [4.78, 5) is 118. The van der Waals surface area contributed by atoms with E-state index < -0.39 is 108 Å². The van der Waals surface area contributed by atoms with Gasteiger partial charge in [0.2, 0.25) is 35.4 Å². The van der Waals surface area contributed by atoms with Gasteiger partial charge in [0, 0.05) is 49.6 Å². The molecule has 21 heteroatoms. The molecule has 4 aliphatic rings. The lowest BCUT2D eigenvalue weighted by Crippen LogP contribution is -2.61. The Labute approximate surface area is 386 Å². The largest absolute Gasteiger partial charge is 0.461 e. The third-order valence-electron chi connectivity index (χ3n) is 12.9. The van der Waals surface area contributed by atoms with E-state index in [4.69, 9.17) is 15.0 Å². The summed E-state index contributed by atoms with van der Waals surface area (Å²) in [6, 6.07) is -0.145. The topological polar surface area (TPSA) is 250 Å². The van der Waals surface area contributed by atoms with Gasteiger partial charge in [-0.05, 0) is 79.8 Å². The van der Waals surface area contributed by atoms with Crippen LogP contribution in [-0.4, -0.2) is 132 Å². The molecule has 3 heterocycles. The van der Waals surface area contributed by atoms with Gasteiger partial charge in [-0.3, -0.25) is 28.8 Å². The first-order valence-corrected chi connectivity index (χ1v) is 22.7. The zero-order chi connectivity index (χ0) is 48.4. The van der Waals surface area contributed by atoms with Gasteiger partial charge in [-0.25, -0.2) is 18.4 Å². The molecule has 3 aliphatic heterocycles. The van der Waals surface area contributed by atoms with E-state index in [1.54, 1.807) is 0 Å². The van der Waals surface area contributed by atoms with Gasteiger partial charge in [0.15, 0.2) is 0 Å². The van der Waals surface area contributed by atoms with Crippen molar-refractivity contribution < 1.29 is 56.6 Å². The smallest absolute Gasteiger partial charge is 0.338 e. The van der Waals surface area contributed by atoms with Crippen molar-refractivity contribution in [1.82, 2.24) is 30.7 Å². The van der Waals surface area contributed by atoms with E-state index in [1.165, 1.54) is 48.0 Å². The fourth-order valence-electron chi connectivity index (χ4n) is 9.29. The number of amides is 6. The molecular formula is C46H57F2N9O10. The monoisotopic (exact) mass is 933 g/mol. The van der Waals surface area contributed by atoms with Crippen LogP contribution in [0.15, 0.2) is 47.6 Å². The zero-order valence-electron chi connectivity index (χ0n) is 37.8. The van der Waals surface area contributed by atoms with Gasteiger partial charge < -0.3 is 40.1 Å². The Kier molecular flexibility index (Phi) is 16.9. The van der Waals surface area contributed by atoms with Gasteiger partial charge in [0.1, 0.15) is 61.1 Å². The van der Waals surface area contributed by atoms with Crippen LogP contribution in [0.25, 0.3) is 10.4 Å². The Bertz CT molecular complexity index is 2230. The van der Waals surface area contributed by atoms with Crippen LogP contribution >= 0.6 is 0 Å². The molecule has 1 saturated carbocycles. The molecule has 3 saturated heterocycles. The van der Waals surface area contributed by atoms with Gasteiger partial charge in [0.25, 0.3) is 0 Å². The van der Waals surface area contributed by atoms with Crippen LogP contribution in [0.5, 0.6) is 0 Å². The molecule has 2 aromatic rings. The summed E-state index contributed by atoms with van der Waals surface area (Å²) in [6.07, 6.45) is 6.03. The SMILES string of the molecule is C[C@@H]1C[C@H]2C(=O)OC[C@H](NC(=O)[C@H](Cc3cc(F)cc(F)c3)NC(=O)CCC3CCCCC3)C(=O)N3CCC[C@H]3C(=O)N(C)[C@@H](COC(=O)c3ccc(N=[N+]=[N-])cc3)C(=O)N[C@@H](C)C(=O)N2C1. The number of benzene rings is 2. The van der Waals surface area contributed by atoms with E-state index in [0.29, 0.717) is 24.8 Å². The van der Waals surface area contributed by atoms with Crippen molar-refractivity contribution >= 4 is 53.1 Å². The Balaban J connectivity index is 1.29. The number of rotatable bonds is 12. The van der Waals surface area contributed by atoms with Crippen molar-refractivity contribution in [2.24, 2.45) is 17.0 Å². The number of likely N-dealkylation sites (N-methyl/N-ethyl adjacent to an activating group) is 1. The van der Waals surface area contributed by atoms with E-state index in [2.05, 4.69) is 26.0 Å². The lowest BCUT2D eigenvalue weighted by atomic mass is 9.86. The average molecular weight is 934 g/mol. The summed E-state index contributed by atoms with van der Waals surface area (Å²) in [5.41, 5.74) is 9.03. The summed E-state index contributed by atoms with van der Waals surface area (Å²) in [5.74, 6) is -8.04. The number of cyclic esters (lactones) is 1. The Morgan fingerprint density at radius 1 is 0.925 bits per heavy atom. The Hall–Kier alpha value is -6.63. The van der Waals surface area contributed by atoms with Crippen LogP contribution in [-0.2, 0) is 49.5 Å². The van der Waals surface area contributed by atoms with Crippen LogP contribution in [0.3, 0.4) is 0 Å². The lowest BCUT2D eigenvalue weighted by molar-refractivity contribution is -0.158. The van der Waals surface area contributed by atoms with Gasteiger partial charge >= 0.3 is 11.9 Å². The molecule has 6 amide bonds. The molecule has 67 heavy (non-hydrogen) atoms.